The predicted molar refractivity (Wildman–Crippen MR) is 46.6 cm³/mol. The zero-order valence-corrected chi connectivity index (χ0v) is 7.88. The maximum atomic E-state index is 5.49. The van der Waals surface area contributed by atoms with Gasteiger partial charge in [0.15, 0.2) is 0 Å². The Balaban J connectivity index is 2.31. The first-order valence-electron chi connectivity index (χ1n) is 4.60. The quantitative estimate of drug-likeness (QED) is 0.660. The molecule has 1 unspecified atom stereocenters. The largest absolute Gasteiger partial charge is 0.360 e. The van der Waals surface area contributed by atoms with E-state index in [1.165, 1.54) is 0 Å². The summed E-state index contributed by atoms with van der Waals surface area (Å²) in [4.78, 5) is 5.42. The number of nitrogens with zero attached hydrogens (tertiary/aromatic N) is 1. The van der Waals surface area contributed by atoms with Gasteiger partial charge < -0.3 is 10.1 Å². The molecule has 1 N–H and O–H groups in total. The Labute approximate surface area is 73.8 Å². The topological polar surface area (TPSA) is 33.7 Å². The first-order valence-corrected chi connectivity index (χ1v) is 4.60. The highest BCUT2D eigenvalue weighted by molar-refractivity contribution is 4.66. The fourth-order valence-electron chi connectivity index (χ4n) is 1.31. The average Bonchev–Trinajstić information content (AvgIpc) is 2.09. The van der Waals surface area contributed by atoms with E-state index >= 15 is 0 Å². The lowest BCUT2D eigenvalue weighted by Crippen LogP contribution is -2.52. The summed E-state index contributed by atoms with van der Waals surface area (Å²) in [5.74, 6) is 0. The maximum absolute atomic E-state index is 5.49. The van der Waals surface area contributed by atoms with Crippen molar-refractivity contribution in [1.82, 2.24) is 10.4 Å². The van der Waals surface area contributed by atoms with Crippen molar-refractivity contribution in [2.24, 2.45) is 0 Å². The Morgan fingerprint density at radius 2 is 2.25 bits per heavy atom. The lowest BCUT2D eigenvalue weighted by Gasteiger charge is -2.34. The van der Waals surface area contributed by atoms with Gasteiger partial charge in [-0.05, 0) is 13.8 Å². The molecule has 0 aliphatic carbocycles. The first-order chi connectivity index (χ1) is 5.88. The molecule has 72 valence electrons. The lowest BCUT2D eigenvalue weighted by atomic mass is 10.4. The molecule has 1 aliphatic rings. The molecule has 0 aromatic rings. The van der Waals surface area contributed by atoms with Gasteiger partial charge in [0.05, 0.1) is 6.61 Å². The minimum atomic E-state index is 0.0868. The summed E-state index contributed by atoms with van der Waals surface area (Å²) in [6.45, 7) is 8.17. The smallest absolute Gasteiger partial charge is 0.145 e. The lowest BCUT2D eigenvalue weighted by molar-refractivity contribution is -0.255. The van der Waals surface area contributed by atoms with Crippen LogP contribution in [0.2, 0.25) is 0 Å². The van der Waals surface area contributed by atoms with E-state index in [0.29, 0.717) is 6.61 Å². The van der Waals surface area contributed by atoms with Gasteiger partial charge in [-0.1, -0.05) is 0 Å². The zero-order chi connectivity index (χ0) is 8.81. The summed E-state index contributed by atoms with van der Waals surface area (Å²) in [5, 5.41) is 5.18. The Morgan fingerprint density at radius 1 is 1.42 bits per heavy atom. The third kappa shape index (κ3) is 2.71. The van der Waals surface area contributed by atoms with E-state index in [0.717, 1.165) is 26.2 Å². The molecule has 1 aliphatic heterocycles. The van der Waals surface area contributed by atoms with Crippen molar-refractivity contribution in [3.63, 3.8) is 0 Å². The Morgan fingerprint density at radius 3 is 2.92 bits per heavy atom. The second-order valence-electron chi connectivity index (χ2n) is 2.67. The van der Waals surface area contributed by atoms with Gasteiger partial charge >= 0.3 is 0 Å². The van der Waals surface area contributed by atoms with Crippen LogP contribution in [-0.2, 0) is 9.57 Å². The summed E-state index contributed by atoms with van der Waals surface area (Å²) in [5.41, 5.74) is 0. The Bertz CT molecular complexity index is 104. The molecule has 12 heavy (non-hydrogen) atoms. The number of ether oxygens (including phenoxy) is 1. The highest BCUT2D eigenvalue weighted by atomic mass is 16.7. The number of nitrogens with one attached hydrogen (secondary N) is 1. The van der Waals surface area contributed by atoms with Gasteiger partial charge in [-0.3, -0.25) is 4.84 Å². The molecule has 0 spiro atoms. The molecule has 1 heterocycles. The molecule has 1 fully saturated rings. The van der Waals surface area contributed by atoms with Gasteiger partial charge in [0.2, 0.25) is 0 Å². The van der Waals surface area contributed by atoms with Gasteiger partial charge in [0.1, 0.15) is 6.23 Å². The molecular formula is C8H18N2O2. The van der Waals surface area contributed by atoms with E-state index < -0.39 is 0 Å². The van der Waals surface area contributed by atoms with Crippen molar-refractivity contribution in [2.75, 3.05) is 32.8 Å². The SMILES string of the molecule is CCOC1CNCCN1OCC. The van der Waals surface area contributed by atoms with E-state index in [9.17, 15) is 0 Å². The molecule has 0 bridgehead atoms. The highest BCUT2D eigenvalue weighted by Gasteiger charge is 2.22. The Hall–Kier alpha value is -0.160. The molecule has 4 heteroatoms. The second-order valence-corrected chi connectivity index (χ2v) is 2.67. The summed E-state index contributed by atoms with van der Waals surface area (Å²) in [6.07, 6.45) is 0.0868. The van der Waals surface area contributed by atoms with E-state index in [-0.39, 0.29) is 6.23 Å². The minimum absolute atomic E-state index is 0.0868. The fraction of sp³-hybridized carbons (Fsp3) is 1.00. The van der Waals surface area contributed by atoms with Crippen molar-refractivity contribution in [3.8, 4) is 0 Å². The third-order valence-electron chi connectivity index (χ3n) is 1.80. The van der Waals surface area contributed by atoms with Crippen molar-refractivity contribution >= 4 is 0 Å². The van der Waals surface area contributed by atoms with Crippen LogP contribution in [0.5, 0.6) is 0 Å². The first kappa shape index (κ1) is 9.92. The van der Waals surface area contributed by atoms with E-state index in [4.69, 9.17) is 9.57 Å². The molecule has 4 nitrogen and oxygen atoms in total. The molecular weight excluding hydrogens is 156 g/mol. The average molecular weight is 174 g/mol. The van der Waals surface area contributed by atoms with Crippen molar-refractivity contribution in [3.05, 3.63) is 0 Å². The predicted octanol–water partition coefficient (Wildman–Crippen LogP) is 0.206. The van der Waals surface area contributed by atoms with Crippen molar-refractivity contribution in [2.45, 2.75) is 20.1 Å². The number of piperazine rings is 1. The molecule has 1 atom stereocenters. The molecule has 0 radical (unpaired) electrons. The van der Waals surface area contributed by atoms with Crippen LogP contribution in [0.3, 0.4) is 0 Å². The van der Waals surface area contributed by atoms with Crippen LogP contribution in [0.25, 0.3) is 0 Å². The number of hydroxylamine groups is 2. The molecule has 0 aromatic heterocycles. The van der Waals surface area contributed by atoms with E-state index in [2.05, 4.69) is 5.32 Å². The van der Waals surface area contributed by atoms with Crippen molar-refractivity contribution in [1.29, 1.82) is 0 Å². The maximum Gasteiger partial charge on any atom is 0.145 e. The van der Waals surface area contributed by atoms with Gasteiger partial charge in [0, 0.05) is 26.2 Å². The standard InChI is InChI=1S/C8H18N2O2/c1-3-11-8-7-9-5-6-10(8)12-4-2/h8-9H,3-7H2,1-2H3. The summed E-state index contributed by atoms with van der Waals surface area (Å²) >= 11 is 0. The van der Waals surface area contributed by atoms with Crippen molar-refractivity contribution < 1.29 is 9.57 Å². The summed E-state index contributed by atoms with van der Waals surface area (Å²) < 4.78 is 5.49. The second kappa shape index (κ2) is 5.48. The molecule has 1 rings (SSSR count). The fourth-order valence-corrected chi connectivity index (χ4v) is 1.31. The summed E-state index contributed by atoms with van der Waals surface area (Å²) in [7, 11) is 0. The third-order valence-corrected chi connectivity index (χ3v) is 1.80. The minimum Gasteiger partial charge on any atom is -0.360 e. The zero-order valence-electron chi connectivity index (χ0n) is 7.88. The molecule has 1 saturated heterocycles. The van der Waals surface area contributed by atoms with Crippen LogP contribution in [0.1, 0.15) is 13.8 Å². The van der Waals surface area contributed by atoms with E-state index in [1.807, 2.05) is 18.9 Å². The number of rotatable bonds is 4. The van der Waals surface area contributed by atoms with Gasteiger partial charge in [-0.15, -0.1) is 0 Å². The molecule has 0 saturated carbocycles. The van der Waals surface area contributed by atoms with Gasteiger partial charge in [-0.2, -0.15) is 5.06 Å². The van der Waals surface area contributed by atoms with Crippen LogP contribution in [0, 0.1) is 0 Å². The number of hydrogen-bond acceptors (Lipinski definition) is 4. The van der Waals surface area contributed by atoms with Crippen LogP contribution in [0.15, 0.2) is 0 Å². The highest BCUT2D eigenvalue weighted by Crippen LogP contribution is 2.04. The Kier molecular flexibility index (Phi) is 4.53. The number of hydrogen-bond donors (Lipinski definition) is 1. The van der Waals surface area contributed by atoms with Crippen LogP contribution < -0.4 is 5.32 Å². The van der Waals surface area contributed by atoms with E-state index in [1.54, 1.807) is 0 Å². The van der Waals surface area contributed by atoms with Gasteiger partial charge in [-0.25, -0.2) is 0 Å². The molecule has 0 amide bonds. The van der Waals surface area contributed by atoms with Crippen LogP contribution in [0.4, 0.5) is 0 Å². The molecule has 0 aromatic carbocycles. The van der Waals surface area contributed by atoms with Crippen LogP contribution in [-0.4, -0.2) is 44.1 Å². The van der Waals surface area contributed by atoms with Crippen LogP contribution >= 0.6 is 0 Å². The summed E-state index contributed by atoms with van der Waals surface area (Å²) in [6, 6.07) is 0. The monoisotopic (exact) mass is 174 g/mol. The normalized spacial score (nSPS) is 26.0. The van der Waals surface area contributed by atoms with Gasteiger partial charge in [0.25, 0.3) is 0 Å².